The number of hydrogen-bond acceptors (Lipinski definition) is 3. The molecule has 1 aromatic carbocycles. The number of carbonyl (C=O) groups is 2. The summed E-state index contributed by atoms with van der Waals surface area (Å²) in [6.07, 6.45) is 0.854. The number of hydrogen-bond donors (Lipinski definition) is 2. The van der Waals surface area contributed by atoms with Crippen molar-refractivity contribution >= 4 is 11.9 Å². The van der Waals surface area contributed by atoms with Gasteiger partial charge in [-0.2, -0.15) is 0 Å². The average Bonchev–Trinajstić information content (AvgIpc) is 2.38. The molecule has 2 N–H and O–H groups in total. The lowest BCUT2D eigenvalue weighted by molar-refractivity contribution is -0.127. The molecule has 2 atom stereocenters. The molecule has 0 aliphatic heterocycles. The van der Waals surface area contributed by atoms with Crippen LogP contribution in [0, 0.1) is 5.82 Å². The van der Waals surface area contributed by atoms with Gasteiger partial charge in [0.2, 0.25) is 0 Å². The van der Waals surface area contributed by atoms with E-state index in [0.29, 0.717) is 0 Å². The van der Waals surface area contributed by atoms with Crippen LogP contribution in [0.3, 0.4) is 0 Å². The molecular formula is C15H20FNO4. The molecule has 0 fully saturated rings. The zero-order valence-electron chi connectivity index (χ0n) is 12.4. The van der Waals surface area contributed by atoms with Gasteiger partial charge in [-0.1, -0.05) is 19.4 Å². The zero-order chi connectivity index (χ0) is 16.0. The highest BCUT2D eigenvalue weighted by Gasteiger charge is 2.22. The highest BCUT2D eigenvalue weighted by atomic mass is 19.1. The van der Waals surface area contributed by atoms with Gasteiger partial charge in [0.25, 0.3) is 5.91 Å². The summed E-state index contributed by atoms with van der Waals surface area (Å²) < 4.78 is 18.8. The van der Waals surface area contributed by atoms with Crippen molar-refractivity contribution in [2.45, 2.75) is 45.8 Å². The van der Waals surface area contributed by atoms with Gasteiger partial charge < -0.3 is 15.2 Å². The van der Waals surface area contributed by atoms with Crippen LogP contribution in [0.2, 0.25) is 0 Å². The molecule has 0 saturated carbocycles. The molecule has 6 heteroatoms. The van der Waals surface area contributed by atoms with Crippen molar-refractivity contribution in [3.05, 3.63) is 29.6 Å². The monoisotopic (exact) mass is 297 g/mol. The second-order valence-electron chi connectivity index (χ2n) is 4.88. The average molecular weight is 297 g/mol. The minimum absolute atomic E-state index is 0.00000336. The fraction of sp³-hybridized carbons (Fsp3) is 0.467. The van der Waals surface area contributed by atoms with Gasteiger partial charge in [0.05, 0.1) is 0 Å². The lowest BCUT2D eigenvalue weighted by Gasteiger charge is -2.19. The molecule has 0 aliphatic carbocycles. The van der Waals surface area contributed by atoms with Crippen molar-refractivity contribution in [1.29, 1.82) is 0 Å². The first-order valence-corrected chi connectivity index (χ1v) is 6.85. The third-order valence-electron chi connectivity index (χ3n) is 2.97. The molecule has 0 radical (unpaired) electrons. The van der Waals surface area contributed by atoms with E-state index in [1.165, 1.54) is 19.1 Å². The van der Waals surface area contributed by atoms with Crippen LogP contribution in [0.15, 0.2) is 18.2 Å². The van der Waals surface area contributed by atoms with Crippen LogP contribution in [-0.4, -0.2) is 29.1 Å². The molecular weight excluding hydrogens is 277 g/mol. The molecule has 5 nitrogen and oxygen atoms in total. The maximum Gasteiger partial charge on any atom is 0.342 e. The molecule has 116 valence electrons. The number of halogens is 1. The Hall–Kier alpha value is -2.11. The summed E-state index contributed by atoms with van der Waals surface area (Å²) in [4.78, 5) is 23.0. The van der Waals surface area contributed by atoms with Crippen molar-refractivity contribution < 1.29 is 23.8 Å². The van der Waals surface area contributed by atoms with Crippen molar-refractivity contribution in [3.63, 3.8) is 0 Å². The van der Waals surface area contributed by atoms with E-state index in [0.717, 1.165) is 18.9 Å². The second-order valence-corrected chi connectivity index (χ2v) is 4.88. The third kappa shape index (κ3) is 4.73. The van der Waals surface area contributed by atoms with Gasteiger partial charge in [0.1, 0.15) is 17.1 Å². The van der Waals surface area contributed by atoms with Crippen molar-refractivity contribution in [2.24, 2.45) is 0 Å². The van der Waals surface area contributed by atoms with E-state index in [-0.39, 0.29) is 17.7 Å². The standard InChI is InChI=1S/C15H20FNO4/c1-4-6-9(2)17-14(18)10(3)21-12-8-5-7-11(16)13(12)15(19)20/h5,7-10H,4,6H2,1-3H3,(H,17,18)(H,19,20). The van der Waals surface area contributed by atoms with Crippen LogP contribution in [-0.2, 0) is 4.79 Å². The Kier molecular flexibility index (Phi) is 6.14. The number of ether oxygens (including phenoxy) is 1. The minimum Gasteiger partial charge on any atom is -0.480 e. The number of rotatable bonds is 7. The highest BCUT2D eigenvalue weighted by Crippen LogP contribution is 2.22. The molecule has 0 spiro atoms. The molecule has 0 heterocycles. The lowest BCUT2D eigenvalue weighted by atomic mass is 10.1. The van der Waals surface area contributed by atoms with E-state index >= 15 is 0 Å². The van der Waals surface area contributed by atoms with Crippen LogP contribution in [0.25, 0.3) is 0 Å². The van der Waals surface area contributed by atoms with E-state index in [4.69, 9.17) is 9.84 Å². The second kappa shape index (κ2) is 7.61. The summed E-state index contributed by atoms with van der Waals surface area (Å²) in [6.45, 7) is 5.37. The summed E-state index contributed by atoms with van der Waals surface area (Å²) in [7, 11) is 0. The third-order valence-corrected chi connectivity index (χ3v) is 2.97. The zero-order valence-corrected chi connectivity index (χ0v) is 12.4. The number of carboxylic acid groups (broad SMARTS) is 1. The summed E-state index contributed by atoms with van der Waals surface area (Å²) in [6, 6.07) is 3.69. The Morgan fingerprint density at radius 1 is 1.38 bits per heavy atom. The Morgan fingerprint density at radius 3 is 2.62 bits per heavy atom. The normalized spacial score (nSPS) is 13.3. The predicted octanol–water partition coefficient (Wildman–Crippen LogP) is 2.60. The number of benzene rings is 1. The summed E-state index contributed by atoms with van der Waals surface area (Å²) in [5, 5.41) is 11.8. The maximum atomic E-state index is 13.5. The summed E-state index contributed by atoms with van der Waals surface area (Å²) >= 11 is 0. The fourth-order valence-corrected chi connectivity index (χ4v) is 1.92. The maximum absolute atomic E-state index is 13.5. The fourth-order valence-electron chi connectivity index (χ4n) is 1.92. The number of carboxylic acids is 1. The van der Waals surface area contributed by atoms with Crippen LogP contribution < -0.4 is 10.1 Å². The number of carbonyl (C=O) groups excluding carboxylic acids is 1. The largest absolute Gasteiger partial charge is 0.480 e. The van der Waals surface area contributed by atoms with Gasteiger partial charge in [0, 0.05) is 6.04 Å². The Morgan fingerprint density at radius 2 is 2.05 bits per heavy atom. The van der Waals surface area contributed by atoms with Gasteiger partial charge in [-0.15, -0.1) is 0 Å². The van der Waals surface area contributed by atoms with Gasteiger partial charge in [-0.25, -0.2) is 9.18 Å². The van der Waals surface area contributed by atoms with Crippen molar-refractivity contribution in [1.82, 2.24) is 5.32 Å². The Bertz CT molecular complexity index is 518. The molecule has 1 amide bonds. The first-order chi connectivity index (χ1) is 9.86. The van der Waals surface area contributed by atoms with E-state index in [1.54, 1.807) is 0 Å². The number of nitrogens with one attached hydrogen (secondary N) is 1. The molecule has 21 heavy (non-hydrogen) atoms. The van der Waals surface area contributed by atoms with E-state index in [2.05, 4.69) is 5.32 Å². The molecule has 2 unspecified atom stereocenters. The quantitative estimate of drug-likeness (QED) is 0.811. The highest BCUT2D eigenvalue weighted by molar-refractivity contribution is 5.91. The Labute approximate surface area is 123 Å². The molecule has 1 rings (SSSR count). The predicted molar refractivity (Wildman–Crippen MR) is 76.0 cm³/mol. The first-order valence-electron chi connectivity index (χ1n) is 6.85. The van der Waals surface area contributed by atoms with Crippen molar-refractivity contribution in [2.75, 3.05) is 0 Å². The summed E-state index contributed by atoms with van der Waals surface area (Å²) in [5.74, 6) is -2.85. The first kappa shape index (κ1) is 16.9. The summed E-state index contributed by atoms with van der Waals surface area (Å²) in [5.41, 5.74) is -0.571. The minimum atomic E-state index is -1.44. The molecule has 1 aromatic rings. The molecule has 0 saturated heterocycles. The number of amides is 1. The molecule has 0 aromatic heterocycles. The van der Waals surface area contributed by atoms with Crippen LogP contribution >= 0.6 is 0 Å². The van der Waals surface area contributed by atoms with Gasteiger partial charge in [0.15, 0.2) is 6.10 Å². The van der Waals surface area contributed by atoms with E-state index in [1.807, 2.05) is 13.8 Å². The van der Waals surface area contributed by atoms with Gasteiger partial charge >= 0.3 is 5.97 Å². The SMILES string of the molecule is CCCC(C)NC(=O)C(C)Oc1cccc(F)c1C(=O)O. The molecule has 0 bridgehead atoms. The lowest BCUT2D eigenvalue weighted by Crippen LogP contribution is -2.41. The van der Waals surface area contributed by atoms with Crippen LogP contribution in [0.1, 0.15) is 44.0 Å². The van der Waals surface area contributed by atoms with Crippen molar-refractivity contribution in [3.8, 4) is 5.75 Å². The van der Waals surface area contributed by atoms with E-state index < -0.39 is 23.5 Å². The van der Waals surface area contributed by atoms with Gasteiger partial charge in [-0.3, -0.25) is 4.79 Å². The smallest absolute Gasteiger partial charge is 0.342 e. The topological polar surface area (TPSA) is 75.6 Å². The number of aromatic carboxylic acids is 1. The Balaban J connectivity index is 2.79. The molecule has 0 aliphatic rings. The van der Waals surface area contributed by atoms with Crippen LogP contribution in [0.4, 0.5) is 4.39 Å². The van der Waals surface area contributed by atoms with Gasteiger partial charge in [-0.05, 0) is 32.4 Å². The van der Waals surface area contributed by atoms with E-state index in [9.17, 15) is 14.0 Å². The van der Waals surface area contributed by atoms with Crippen LogP contribution in [0.5, 0.6) is 5.75 Å².